The third-order valence-corrected chi connectivity index (χ3v) is 3.00. The molecule has 0 radical (unpaired) electrons. The molecule has 0 saturated carbocycles. The van der Waals surface area contributed by atoms with Crippen molar-refractivity contribution in [3.8, 4) is 11.1 Å². The van der Waals surface area contributed by atoms with Crippen LogP contribution in [0, 0.1) is 12.7 Å². The molecule has 4 nitrogen and oxygen atoms in total. The summed E-state index contributed by atoms with van der Waals surface area (Å²) < 4.78 is 13.7. The number of hydrogen-bond donors (Lipinski definition) is 2. The van der Waals surface area contributed by atoms with Crippen molar-refractivity contribution in [2.75, 3.05) is 0 Å². The fourth-order valence-corrected chi connectivity index (χ4v) is 2.05. The normalized spacial score (nSPS) is 10.3. The van der Waals surface area contributed by atoms with Gasteiger partial charge in [0.25, 0.3) is 0 Å². The van der Waals surface area contributed by atoms with Gasteiger partial charge in [0.1, 0.15) is 5.82 Å². The Labute approximate surface area is 114 Å². The first kappa shape index (κ1) is 13.7. The molecule has 102 valence electrons. The van der Waals surface area contributed by atoms with Crippen molar-refractivity contribution in [3.05, 3.63) is 58.9 Å². The van der Waals surface area contributed by atoms with Gasteiger partial charge in [0, 0.05) is 0 Å². The van der Waals surface area contributed by atoms with Crippen LogP contribution in [0.15, 0.2) is 36.4 Å². The third kappa shape index (κ3) is 2.38. The lowest BCUT2D eigenvalue weighted by Crippen LogP contribution is -2.04. The van der Waals surface area contributed by atoms with E-state index in [0.29, 0.717) is 16.7 Å². The van der Waals surface area contributed by atoms with Crippen molar-refractivity contribution in [2.24, 2.45) is 0 Å². The highest BCUT2D eigenvalue weighted by Crippen LogP contribution is 2.27. The van der Waals surface area contributed by atoms with E-state index in [2.05, 4.69) is 0 Å². The van der Waals surface area contributed by atoms with E-state index in [1.54, 1.807) is 25.1 Å². The molecule has 2 N–H and O–H groups in total. The summed E-state index contributed by atoms with van der Waals surface area (Å²) >= 11 is 0. The van der Waals surface area contributed by atoms with Crippen LogP contribution < -0.4 is 0 Å². The summed E-state index contributed by atoms with van der Waals surface area (Å²) in [6, 6.07) is 8.43. The minimum atomic E-state index is -1.36. The summed E-state index contributed by atoms with van der Waals surface area (Å²) in [5, 5.41) is 18.0. The molecule has 0 aliphatic rings. The first-order valence-corrected chi connectivity index (χ1v) is 5.78. The van der Waals surface area contributed by atoms with Gasteiger partial charge in [0.2, 0.25) is 0 Å². The Balaban J connectivity index is 2.64. The van der Waals surface area contributed by atoms with Gasteiger partial charge in [-0.1, -0.05) is 24.3 Å². The molecule has 0 spiro atoms. The van der Waals surface area contributed by atoms with E-state index in [0.717, 1.165) is 12.1 Å². The lowest BCUT2D eigenvalue weighted by molar-refractivity contribution is 0.0682. The minimum Gasteiger partial charge on any atom is -0.478 e. The van der Waals surface area contributed by atoms with Gasteiger partial charge in [-0.25, -0.2) is 14.0 Å². The van der Waals surface area contributed by atoms with Gasteiger partial charge in [-0.2, -0.15) is 0 Å². The van der Waals surface area contributed by atoms with Gasteiger partial charge < -0.3 is 10.2 Å². The monoisotopic (exact) mass is 274 g/mol. The van der Waals surface area contributed by atoms with E-state index in [-0.39, 0.29) is 5.56 Å². The van der Waals surface area contributed by atoms with Crippen LogP contribution in [0.3, 0.4) is 0 Å². The fraction of sp³-hybridized carbons (Fsp3) is 0.0667. The van der Waals surface area contributed by atoms with Gasteiger partial charge in [0.05, 0.1) is 11.1 Å². The van der Waals surface area contributed by atoms with Crippen LogP contribution in [0.25, 0.3) is 11.1 Å². The molecule has 0 saturated heterocycles. The lowest BCUT2D eigenvalue weighted by Gasteiger charge is -2.10. The summed E-state index contributed by atoms with van der Waals surface area (Å²) in [5.74, 6) is -3.37. The Morgan fingerprint density at radius 1 is 1.05 bits per heavy atom. The topological polar surface area (TPSA) is 74.6 Å². The van der Waals surface area contributed by atoms with Crippen molar-refractivity contribution >= 4 is 11.9 Å². The van der Waals surface area contributed by atoms with Crippen LogP contribution in [0.1, 0.15) is 26.3 Å². The average Bonchev–Trinajstić information content (AvgIpc) is 2.37. The fourth-order valence-electron chi connectivity index (χ4n) is 2.05. The predicted octanol–water partition coefficient (Wildman–Crippen LogP) is 3.20. The molecule has 0 bridgehead atoms. The van der Waals surface area contributed by atoms with E-state index in [1.807, 2.05) is 0 Å². The quantitative estimate of drug-likeness (QED) is 0.901. The standard InChI is InChI=1S/C15H11FO4/c1-8-3-2-4-10(13(8)15(19)20)9-5-6-11(14(17)18)12(16)7-9/h2-7H,1H3,(H,17,18)(H,19,20). The Bertz CT molecular complexity index is 707. The minimum absolute atomic E-state index is 0.0787. The molecule has 2 aromatic carbocycles. The summed E-state index contributed by atoms with van der Waals surface area (Å²) in [6.45, 7) is 1.65. The second kappa shape index (κ2) is 5.13. The van der Waals surface area contributed by atoms with Crippen molar-refractivity contribution < 1.29 is 24.2 Å². The van der Waals surface area contributed by atoms with E-state index in [1.165, 1.54) is 6.07 Å². The number of carboxylic acids is 2. The number of halogens is 1. The molecule has 20 heavy (non-hydrogen) atoms. The second-order valence-corrected chi connectivity index (χ2v) is 4.30. The highest BCUT2D eigenvalue weighted by atomic mass is 19.1. The third-order valence-electron chi connectivity index (χ3n) is 3.00. The van der Waals surface area contributed by atoms with Gasteiger partial charge in [-0.15, -0.1) is 0 Å². The van der Waals surface area contributed by atoms with Crippen LogP contribution >= 0.6 is 0 Å². The number of rotatable bonds is 3. The molecule has 0 amide bonds. The molecule has 2 aromatic rings. The van der Waals surface area contributed by atoms with Gasteiger partial charge in [0.15, 0.2) is 0 Å². The number of carbonyl (C=O) groups is 2. The Kier molecular flexibility index (Phi) is 3.52. The summed E-state index contributed by atoms with van der Waals surface area (Å²) in [4.78, 5) is 22.1. The Morgan fingerprint density at radius 2 is 1.75 bits per heavy atom. The van der Waals surface area contributed by atoms with Crippen molar-refractivity contribution in [1.82, 2.24) is 0 Å². The molecular weight excluding hydrogens is 263 g/mol. The predicted molar refractivity (Wildman–Crippen MR) is 70.5 cm³/mol. The lowest BCUT2D eigenvalue weighted by atomic mass is 9.95. The largest absolute Gasteiger partial charge is 0.478 e. The van der Waals surface area contributed by atoms with E-state index in [9.17, 15) is 19.1 Å². The zero-order chi connectivity index (χ0) is 14.9. The highest BCUT2D eigenvalue weighted by Gasteiger charge is 2.17. The van der Waals surface area contributed by atoms with Crippen LogP contribution in [-0.2, 0) is 0 Å². The van der Waals surface area contributed by atoms with Crippen LogP contribution in [-0.4, -0.2) is 22.2 Å². The van der Waals surface area contributed by atoms with Crippen molar-refractivity contribution in [1.29, 1.82) is 0 Å². The van der Waals surface area contributed by atoms with Gasteiger partial charge in [-0.05, 0) is 35.7 Å². The maximum atomic E-state index is 13.7. The first-order valence-electron chi connectivity index (χ1n) is 5.78. The van der Waals surface area contributed by atoms with Gasteiger partial charge in [-0.3, -0.25) is 0 Å². The maximum Gasteiger partial charge on any atom is 0.338 e. The zero-order valence-electron chi connectivity index (χ0n) is 10.6. The number of hydrogen-bond acceptors (Lipinski definition) is 2. The van der Waals surface area contributed by atoms with E-state index < -0.39 is 23.3 Å². The molecule has 0 atom stereocenters. The molecule has 2 rings (SSSR count). The summed E-state index contributed by atoms with van der Waals surface area (Å²) in [7, 11) is 0. The second-order valence-electron chi connectivity index (χ2n) is 4.30. The molecule has 0 aliphatic carbocycles. The number of carboxylic acid groups (broad SMARTS) is 2. The number of benzene rings is 2. The summed E-state index contributed by atoms with van der Waals surface area (Å²) in [5.41, 5.74) is 0.868. The molecule has 0 aromatic heterocycles. The smallest absolute Gasteiger partial charge is 0.338 e. The molecule has 0 heterocycles. The SMILES string of the molecule is Cc1cccc(-c2ccc(C(=O)O)c(F)c2)c1C(=O)O. The van der Waals surface area contributed by atoms with Crippen molar-refractivity contribution in [2.45, 2.75) is 6.92 Å². The van der Waals surface area contributed by atoms with Crippen LogP contribution in [0.4, 0.5) is 4.39 Å². The van der Waals surface area contributed by atoms with Crippen molar-refractivity contribution in [3.63, 3.8) is 0 Å². The van der Waals surface area contributed by atoms with E-state index >= 15 is 0 Å². The van der Waals surface area contributed by atoms with Crippen LogP contribution in [0.2, 0.25) is 0 Å². The number of aryl methyl sites for hydroxylation is 1. The molecule has 0 unspecified atom stereocenters. The maximum absolute atomic E-state index is 13.7. The summed E-state index contributed by atoms with van der Waals surface area (Å²) in [6.07, 6.45) is 0. The number of aromatic carboxylic acids is 2. The molecular formula is C15H11FO4. The van der Waals surface area contributed by atoms with Crippen LogP contribution in [0.5, 0.6) is 0 Å². The zero-order valence-corrected chi connectivity index (χ0v) is 10.6. The van der Waals surface area contributed by atoms with Gasteiger partial charge >= 0.3 is 11.9 Å². The average molecular weight is 274 g/mol. The molecule has 0 fully saturated rings. The highest BCUT2D eigenvalue weighted by molar-refractivity contribution is 5.98. The Morgan fingerprint density at radius 3 is 2.30 bits per heavy atom. The molecule has 0 aliphatic heterocycles. The first-order chi connectivity index (χ1) is 9.41. The van der Waals surface area contributed by atoms with E-state index in [4.69, 9.17) is 5.11 Å². The molecule has 5 heteroatoms. The Hall–Kier alpha value is -2.69.